The van der Waals surface area contributed by atoms with E-state index in [-0.39, 0.29) is 17.7 Å². The molecule has 2 fully saturated rings. The van der Waals surface area contributed by atoms with Crippen LogP contribution >= 0.6 is 0 Å². The van der Waals surface area contributed by atoms with Crippen molar-refractivity contribution in [2.75, 3.05) is 26.7 Å². The highest BCUT2D eigenvalue weighted by molar-refractivity contribution is 6.00. The topological polar surface area (TPSA) is 104 Å². The zero-order valence-corrected chi connectivity index (χ0v) is 22.9. The Morgan fingerprint density at radius 2 is 1.79 bits per heavy atom. The second-order valence-corrected chi connectivity index (χ2v) is 10.6. The molecule has 2 aliphatic rings. The SMILES string of the molecule is CCCCN1C(=O)C(C(O)C(C)C)NC(=O)C12CCN(Cc1ccc(Oc3ccc(OC)cc3)nc1)CC2. The van der Waals surface area contributed by atoms with Gasteiger partial charge in [0.25, 0.3) is 0 Å². The lowest BCUT2D eigenvalue weighted by Gasteiger charge is -2.52. The Hall–Kier alpha value is -3.17. The highest BCUT2D eigenvalue weighted by atomic mass is 16.5. The second-order valence-electron chi connectivity index (χ2n) is 10.6. The predicted molar refractivity (Wildman–Crippen MR) is 144 cm³/mol. The molecule has 1 spiro atoms. The molecule has 2 N–H and O–H groups in total. The van der Waals surface area contributed by atoms with Crippen LogP contribution in [0.5, 0.6) is 17.4 Å². The van der Waals surface area contributed by atoms with Gasteiger partial charge in [0.15, 0.2) is 0 Å². The van der Waals surface area contributed by atoms with Crippen LogP contribution in [0.3, 0.4) is 0 Å². The number of rotatable bonds is 10. The molecule has 0 saturated carbocycles. The Kier molecular flexibility index (Phi) is 8.89. The second kappa shape index (κ2) is 12.1. The number of pyridine rings is 1. The molecule has 2 amide bonds. The van der Waals surface area contributed by atoms with Gasteiger partial charge in [-0.25, -0.2) is 4.98 Å². The predicted octanol–water partition coefficient (Wildman–Crippen LogP) is 3.36. The van der Waals surface area contributed by atoms with Gasteiger partial charge < -0.3 is 24.8 Å². The number of amides is 2. The quantitative estimate of drug-likeness (QED) is 0.491. The number of aliphatic hydroxyl groups is 1. The van der Waals surface area contributed by atoms with Crippen molar-refractivity contribution in [1.29, 1.82) is 0 Å². The standard InChI is InChI=1S/C29H40N4O5/c1-5-6-15-33-27(35)25(26(34)20(2)3)31-28(36)29(33)13-16-32(17-14-29)19-21-7-12-24(30-18-21)38-23-10-8-22(37-4)9-11-23/h7-12,18,20,25-26,34H,5-6,13-17,19H2,1-4H3,(H,31,36). The zero-order chi connectivity index (χ0) is 27.3. The molecule has 0 aliphatic carbocycles. The number of likely N-dealkylation sites (tertiary alicyclic amines) is 1. The molecule has 0 bridgehead atoms. The van der Waals surface area contributed by atoms with Crippen LogP contribution in [0.2, 0.25) is 0 Å². The van der Waals surface area contributed by atoms with Crippen LogP contribution in [-0.2, 0) is 16.1 Å². The first-order chi connectivity index (χ1) is 18.3. The van der Waals surface area contributed by atoms with Crippen LogP contribution in [0.4, 0.5) is 0 Å². The van der Waals surface area contributed by atoms with Gasteiger partial charge in [0.1, 0.15) is 23.1 Å². The Balaban J connectivity index is 1.38. The summed E-state index contributed by atoms with van der Waals surface area (Å²) >= 11 is 0. The third kappa shape index (κ3) is 5.94. The van der Waals surface area contributed by atoms with E-state index < -0.39 is 17.7 Å². The lowest BCUT2D eigenvalue weighted by molar-refractivity contribution is -0.165. The Bertz CT molecular complexity index is 1080. The van der Waals surface area contributed by atoms with E-state index in [0.29, 0.717) is 50.7 Å². The molecule has 2 aromatic rings. The molecule has 206 valence electrons. The van der Waals surface area contributed by atoms with Crippen LogP contribution in [0.1, 0.15) is 52.0 Å². The minimum absolute atomic E-state index is 0.130. The molecule has 2 atom stereocenters. The van der Waals surface area contributed by atoms with Crippen molar-refractivity contribution >= 4 is 11.8 Å². The summed E-state index contributed by atoms with van der Waals surface area (Å²) in [6.45, 7) is 8.39. The van der Waals surface area contributed by atoms with Gasteiger partial charge in [-0.1, -0.05) is 33.3 Å². The largest absolute Gasteiger partial charge is 0.497 e. The number of carbonyl (C=O) groups excluding carboxylic acids is 2. The van der Waals surface area contributed by atoms with Crippen molar-refractivity contribution in [2.24, 2.45) is 5.92 Å². The smallest absolute Gasteiger partial charge is 0.248 e. The van der Waals surface area contributed by atoms with Crippen molar-refractivity contribution in [2.45, 2.75) is 70.7 Å². The van der Waals surface area contributed by atoms with Crippen molar-refractivity contribution in [1.82, 2.24) is 20.1 Å². The summed E-state index contributed by atoms with van der Waals surface area (Å²) in [6.07, 6.45) is 3.78. The third-order valence-corrected chi connectivity index (χ3v) is 7.69. The number of nitrogens with one attached hydrogen (secondary N) is 1. The molecule has 9 nitrogen and oxygen atoms in total. The number of aromatic nitrogens is 1. The fraction of sp³-hybridized carbons (Fsp3) is 0.552. The van der Waals surface area contributed by atoms with E-state index in [2.05, 4.69) is 22.1 Å². The lowest BCUT2D eigenvalue weighted by atomic mass is 9.80. The minimum atomic E-state index is -0.905. The number of benzene rings is 1. The number of hydrogen-bond donors (Lipinski definition) is 2. The Labute approximate surface area is 225 Å². The third-order valence-electron chi connectivity index (χ3n) is 7.69. The van der Waals surface area contributed by atoms with Crippen molar-refractivity contribution in [3.8, 4) is 17.4 Å². The number of nitrogens with zero attached hydrogens (tertiary/aromatic N) is 3. The van der Waals surface area contributed by atoms with E-state index in [4.69, 9.17) is 9.47 Å². The first kappa shape index (κ1) is 27.9. The van der Waals surface area contributed by atoms with Gasteiger partial charge in [0.05, 0.1) is 13.2 Å². The molecule has 38 heavy (non-hydrogen) atoms. The number of hydrogen-bond acceptors (Lipinski definition) is 7. The molecule has 3 heterocycles. The summed E-state index contributed by atoms with van der Waals surface area (Å²) in [5, 5.41) is 13.5. The summed E-state index contributed by atoms with van der Waals surface area (Å²) in [5.41, 5.74) is 0.194. The first-order valence-corrected chi connectivity index (χ1v) is 13.6. The van der Waals surface area contributed by atoms with Crippen LogP contribution < -0.4 is 14.8 Å². The van der Waals surface area contributed by atoms with Gasteiger partial charge in [0, 0.05) is 38.4 Å². The molecular formula is C29H40N4O5. The van der Waals surface area contributed by atoms with Crippen LogP contribution in [-0.4, -0.2) is 76.1 Å². The summed E-state index contributed by atoms with van der Waals surface area (Å²) in [6, 6.07) is 10.3. The highest BCUT2D eigenvalue weighted by Gasteiger charge is 2.54. The van der Waals surface area contributed by atoms with E-state index in [1.165, 1.54) is 0 Å². The Morgan fingerprint density at radius 1 is 1.11 bits per heavy atom. The van der Waals surface area contributed by atoms with Crippen LogP contribution in [0.15, 0.2) is 42.6 Å². The molecule has 2 aliphatic heterocycles. The van der Waals surface area contributed by atoms with E-state index in [1.54, 1.807) is 12.0 Å². The maximum absolute atomic E-state index is 13.5. The normalized spacial score (nSPS) is 20.5. The van der Waals surface area contributed by atoms with Crippen LogP contribution in [0, 0.1) is 5.92 Å². The van der Waals surface area contributed by atoms with Gasteiger partial charge in [-0.05, 0) is 55.0 Å². The fourth-order valence-electron chi connectivity index (χ4n) is 5.26. The fourth-order valence-corrected chi connectivity index (χ4v) is 5.26. The van der Waals surface area contributed by atoms with Gasteiger partial charge in [0.2, 0.25) is 17.7 Å². The molecule has 2 unspecified atom stereocenters. The van der Waals surface area contributed by atoms with Gasteiger partial charge in [-0.3, -0.25) is 14.5 Å². The summed E-state index contributed by atoms with van der Waals surface area (Å²) < 4.78 is 11.0. The molecule has 9 heteroatoms. The van der Waals surface area contributed by atoms with Gasteiger partial charge in [-0.15, -0.1) is 0 Å². The number of methoxy groups -OCH3 is 1. The minimum Gasteiger partial charge on any atom is -0.497 e. The average molecular weight is 525 g/mol. The van der Waals surface area contributed by atoms with E-state index in [0.717, 1.165) is 24.2 Å². The summed E-state index contributed by atoms with van der Waals surface area (Å²) in [7, 11) is 1.62. The molecule has 0 radical (unpaired) electrons. The number of piperidine rings is 1. The van der Waals surface area contributed by atoms with Crippen molar-refractivity contribution in [3.05, 3.63) is 48.2 Å². The van der Waals surface area contributed by atoms with Gasteiger partial charge >= 0.3 is 0 Å². The van der Waals surface area contributed by atoms with Crippen molar-refractivity contribution < 1.29 is 24.2 Å². The molecule has 1 aromatic heterocycles. The molecule has 4 rings (SSSR count). The first-order valence-electron chi connectivity index (χ1n) is 13.6. The van der Waals surface area contributed by atoms with E-state index >= 15 is 0 Å². The molecule has 2 saturated heterocycles. The van der Waals surface area contributed by atoms with Crippen molar-refractivity contribution in [3.63, 3.8) is 0 Å². The van der Waals surface area contributed by atoms with Gasteiger partial charge in [-0.2, -0.15) is 0 Å². The summed E-state index contributed by atoms with van der Waals surface area (Å²) in [5.74, 6) is 1.53. The zero-order valence-electron chi connectivity index (χ0n) is 22.9. The maximum atomic E-state index is 13.5. The maximum Gasteiger partial charge on any atom is 0.248 e. The van der Waals surface area contributed by atoms with E-state index in [9.17, 15) is 14.7 Å². The highest BCUT2D eigenvalue weighted by Crippen LogP contribution is 2.35. The molecule has 1 aromatic carbocycles. The summed E-state index contributed by atoms with van der Waals surface area (Å²) in [4.78, 5) is 35.4. The number of aliphatic hydroxyl groups excluding tert-OH is 1. The number of carbonyl (C=O) groups is 2. The number of unbranched alkanes of at least 4 members (excludes halogenated alkanes) is 1. The monoisotopic (exact) mass is 524 g/mol. The number of piperazine rings is 1. The average Bonchev–Trinajstić information content (AvgIpc) is 2.93. The van der Waals surface area contributed by atoms with E-state index in [1.807, 2.05) is 56.4 Å². The number of ether oxygens (including phenoxy) is 2. The molecular weight excluding hydrogens is 484 g/mol. The van der Waals surface area contributed by atoms with Crippen LogP contribution in [0.25, 0.3) is 0 Å². The lowest BCUT2D eigenvalue weighted by Crippen LogP contribution is -2.74. The Morgan fingerprint density at radius 3 is 2.37 bits per heavy atom.